The van der Waals surface area contributed by atoms with E-state index in [-0.39, 0.29) is 30.7 Å². The van der Waals surface area contributed by atoms with E-state index in [1.807, 2.05) is 20.8 Å². The molecule has 5 heteroatoms. The lowest BCUT2D eigenvalue weighted by molar-refractivity contribution is 0.148. The Kier molecular flexibility index (Phi) is 7.91. The number of amides is 2. The van der Waals surface area contributed by atoms with E-state index in [1.54, 1.807) is 0 Å². The van der Waals surface area contributed by atoms with Crippen LogP contribution in [0, 0.1) is 5.41 Å². The summed E-state index contributed by atoms with van der Waals surface area (Å²) in [4.78, 5) is 11.4. The van der Waals surface area contributed by atoms with Crippen molar-refractivity contribution in [1.29, 1.82) is 0 Å². The van der Waals surface area contributed by atoms with E-state index in [9.17, 15) is 4.79 Å². The highest BCUT2D eigenvalue weighted by Crippen LogP contribution is 2.20. The summed E-state index contributed by atoms with van der Waals surface area (Å²) in [6.07, 6.45) is 2.27. The van der Waals surface area contributed by atoms with Gasteiger partial charge in [-0.15, -0.1) is 0 Å². The second-order valence-corrected chi connectivity index (χ2v) is 5.24. The molecular weight excluding hydrogens is 220 g/mol. The number of hydrogen-bond acceptors (Lipinski definition) is 3. The van der Waals surface area contributed by atoms with Gasteiger partial charge in [-0.05, 0) is 31.6 Å². The molecule has 102 valence electrons. The Labute approximate surface area is 104 Å². The zero-order valence-electron chi connectivity index (χ0n) is 11.1. The molecule has 0 rings (SSSR count). The fourth-order valence-electron chi connectivity index (χ4n) is 1.39. The average molecular weight is 246 g/mol. The quantitative estimate of drug-likeness (QED) is 0.479. The highest BCUT2D eigenvalue weighted by Gasteiger charge is 2.15. The van der Waals surface area contributed by atoms with Gasteiger partial charge in [0.15, 0.2) is 0 Å². The van der Waals surface area contributed by atoms with Gasteiger partial charge >= 0.3 is 6.03 Å². The zero-order valence-corrected chi connectivity index (χ0v) is 11.1. The van der Waals surface area contributed by atoms with E-state index < -0.39 is 0 Å². The number of urea groups is 1. The zero-order chi connectivity index (χ0) is 13.3. The first-order valence-electron chi connectivity index (χ1n) is 6.17. The monoisotopic (exact) mass is 246 g/mol. The van der Waals surface area contributed by atoms with Gasteiger partial charge in [-0.1, -0.05) is 13.8 Å². The summed E-state index contributed by atoms with van der Waals surface area (Å²) < 4.78 is 0. The Morgan fingerprint density at radius 3 is 2.53 bits per heavy atom. The average Bonchev–Trinajstić information content (AvgIpc) is 2.25. The van der Waals surface area contributed by atoms with Gasteiger partial charge in [0.05, 0.1) is 0 Å². The highest BCUT2D eigenvalue weighted by molar-refractivity contribution is 5.74. The van der Waals surface area contributed by atoms with E-state index >= 15 is 0 Å². The Balaban J connectivity index is 3.58. The summed E-state index contributed by atoms with van der Waals surface area (Å²) in [5, 5.41) is 23.2. The molecule has 17 heavy (non-hydrogen) atoms. The van der Waals surface area contributed by atoms with Crippen molar-refractivity contribution in [3.05, 3.63) is 0 Å². The molecule has 0 spiro atoms. The molecule has 0 aliphatic carbocycles. The molecule has 0 fully saturated rings. The minimum atomic E-state index is -0.201. The minimum absolute atomic E-state index is 0.0196. The van der Waals surface area contributed by atoms with Crippen LogP contribution in [0.4, 0.5) is 4.79 Å². The summed E-state index contributed by atoms with van der Waals surface area (Å²) in [5.74, 6) is 0. The third-order valence-corrected chi connectivity index (χ3v) is 2.68. The molecule has 0 aromatic carbocycles. The molecule has 0 saturated heterocycles. The number of aliphatic hydroxyl groups is 2. The van der Waals surface area contributed by atoms with E-state index in [4.69, 9.17) is 10.2 Å². The summed E-state index contributed by atoms with van der Waals surface area (Å²) in [7, 11) is 0. The molecular formula is C12H26N2O3. The molecule has 0 aromatic heterocycles. The predicted octanol–water partition coefficient (Wildman–Crippen LogP) is 0.855. The van der Waals surface area contributed by atoms with Crippen molar-refractivity contribution in [3.8, 4) is 0 Å². The van der Waals surface area contributed by atoms with E-state index in [0.29, 0.717) is 13.0 Å². The first-order chi connectivity index (χ1) is 7.91. The maximum Gasteiger partial charge on any atom is 0.314 e. The van der Waals surface area contributed by atoms with Gasteiger partial charge in [-0.2, -0.15) is 0 Å². The lowest BCUT2D eigenvalue weighted by Crippen LogP contribution is -2.41. The third kappa shape index (κ3) is 8.94. The number of aliphatic hydroxyl groups excluding tert-OH is 2. The fourth-order valence-corrected chi connectivity index (χ4v) is 1.39. The molecule has 5 nitrogen and oxygen atoms in total. The largest absolute Gasteiger partial charge is 0.396 e. The Hall–Kier alpha value is -0.810. The Morgan fingerprint density at radius 1 is 1.35 bits per heavy atom. The molecule has 0 unspecified atom stereocenters. The normalized spacial score (nSPS) is 13.2. The number of hydrogen-bond donors (Lipinski definition) is 4. The molecule has 0 aliphatic heterocycles. The molecule has 0 radical (unpaired) electrons. The van der Waals surface area contributed by atoms with Crippen LogP contribution < -0.4 is 10.6 Å². The van der Waals surface area contributed by atoms with Gasteiger partial charge in [0.1, 0.15) is 0 Å². The third-order valence-electron chi connectivity index (χ3n) is 2.68. The Bertz CT molecular complexity index is 220. The summed E-state index contributed by atoms with van der Waals surface area (Å²) in [5.41, 5.74) is -0.0810. The predicted molar refractivity (Wildman–Crippen MR) is 67.8 cm³/mol. The van der Waals surface area contributed by atoms with Crippen LogP contribution in [-0.2, 0) is 0 Å². The van der Waals surface area contributed by atoms with Gasteiger partial charge in [-0.3, -0.25) is 0 Å². The van der Waals surface area contributed by atoms with Crippen molar-refractivity contribution in [1.82, 2.24) is 10.6 Å². The maximum atomic E-state index is 11.4. The van der Waals surface area contributed by atoms with Crippen LogP contribution in [0.25, 0.3) is 0 Å². The lowest BCUT2D eigenvalue weighted by atomic mass is 9.89. The van der Waals surface area contributed by atoms with Crippen molar-refractivity contribution in [2.45, 2.75) is 46.1 Å². The molecule has 2 amide bonds. The van der Waals surface area contributed by atoms with E-state index in [0.717, 1.165) is 12.8 Å². The van der Waals surface area contributed by atoms with Crippen LogP contribution in [0.1, 0.15) is 40.0 Å². The molecule has 4 N–H and O–H groups in total. The maximum absolute atomic E-state index is 11.4. The number of nitrogens with one attached hydrogen (secondary N) is 2. The molecule has 0 aliphatic rings. The number of carbonyl (C=O) groups is 1. The van der Waals surface area contributed by atoms with Crippen LogP contribution in [0.3, 0.4) is 0 Å². The van der Waals surface area contributed by atoms with Gasteiger partial charge in [0.25, 0.3) is 0 Å². The first-order valence-corrected chi connectivity index (χ1v) is 6.17. The smallest absolute Gasteiger partial charge is 0.314 e. The van der Waals surface area contributed by atoms with Crippen LogP contribution in [-0.4, -0.2) is 42.0 Å². The number of carbonyl (C=O) groups excluding carboxylic acids is 1. The van der Waals surface area contributed by atoms with Crippen molar-refractivity contribution in [3.63, 3.8) is 0 Å². The number of rotatable bonds is 8. The van der Waals surface area contributed by atoms with E-state index in [1.165, 1.54) is 0 Å². The molecule has 1 atom stereocenters. The Morgan fingerprint density at radius 2 is 2.00 bits per heavy atom. The standard InChI is InChI=1S/C12H26N2O3/c1-10(5-8-15)14-11(17)13-7-4-6-12(2,3)9-16/h10,15-16H,4-9H2,1-3H3,(H2,13,14,17)/t10-/m1/s1. The van der Waals surface area contributed by atoms with Crippen LogP contribution in [0.5, 0.6) is 0 Å². The van der Waals surface area contributed by atoms with Gasteiger partial charge < -0.3 is 20.8 Å². The van der Waals surface area contributed by atoms with Crippen molar-refractivity contribution >= 4 is 6.03 Å². The summed E-state index contributed by atoms with van der Waals surface area (Å²) in [6, 6.07) is -0.221. The highest BCUT2D eigenvalue weighted by atomic mass is 16.3. The molecule has 0 saturated carbocycles. The lowest BCUT2D eigenvalue weighted by Gasteiger charge is -2.21. The second kappa shape index (κ2) is 8.31. The van der Waals surface area contributed by atoms with Crippen LogP contribution in [0.2, 0.25) is 0 Å². The fraction of sp³-hybridized carbons (Fsp3) is 0.917. The molecule has 0 bridgehead atoms. The van der Waals surface area contributed by atoms with Crippen molar-refractivity contribution < 1.29 is 15.0 Å². The second-order valence-electron chi connectivity index (χ2n) is 5.24. The summed E-state index contributed by atoms with van der Waals surface area (Å²) >= 11 is 0. The van der Waals surface area contributed by atoms with Gasteiger partial charge in [0, 0.05) is 25.8 Å². The molecule has 0 aromatic rings. The molecule has 0 heterocycles. The topological polar surface area (TPSA) is 81.6 Å². The minimum Gasteiger partial charge on any atom is -0.396 e. The van der Waals surface area contributed by atoms with Crippen LogP contribution in [0.15, 0.2) is 0 Å². The van der Waals surface area contributed by atoms with E-state index in [2.05, 4.69) is 10.6 Å². The van der Waals surface area contributed by atoms with Crippen LogP contribution >= 0.6 is 0 Å². The first kappa shape index (κ1) is 16.2. The summed E-state index contributed by atoms with van der Waals surface area (Å²) in [6.45, 7) is 6.68. The van der Waals surface area contributed by atoms with Gasteiger partial charge in [-0.25, -0.2) is 4.79 Å². The van der Waals surface area contributed by atoms with Crippen molar-refractivity contribution in [2.24, 2.45) is 5.41 Å². The SMILES string of the molecule is C[C@H](CCO)NC(=O)NCCCC(C)(C)CO. The van der Waals surface area contributed by atoms with Gasteiger partial charge in [0.2, 0.25) is 0 Å². The van der Waals surface area contributed by atoms with Crippen molar-refractivity contribution in [2.75, 3.05) is 19.8 Å².